The standard InChI is InChI=1S/C9H13N3O2/c1-2-12-7-5-10-4-3-6(7)8(11-12)9(13)14/h10H,2-5H2,1H3,(H,13,14). The quantitative estimate of drug-likeness (QED) is 0.709. The highest BCUT2D eigenvalue weighted by molar-refractivity contribution is 5.87. The zero-order valence-corrected chi connectivity index (χ0v) is 8.08. The van der Waals surface area contributed by atoms with Crippen LogP contribution in [0.3, 0.4) is 0 Å². The fourth-order valence-electron chi connectivity index (χ4n) is 1.85. The van der Waals surface area contributed by atoms with Gasteiger partial charge in [0.25, 0.3) is 0 Å². The fraction of sp³-hybridized carbons (Fsp3) is 0.556. The van der Waals surface area contributed by atoms with E-state index >= 15 is 0 Å². The molecule has 2 heterocycles. The van der Waals surface area contributed by atoms with E-state index in [1.165, 1.54) is 0 Å². The van der Waals surface area contributed by atoms with Crippen LogP contribution in [0.15, 0.2) is 0 Å². The summed E-state index contributed by atoms with van der Waals surface area (Å²) < 4.78 is 1.77. The summed E-state index contributed by atoms with van der Waals surface area (Å²) in [5, 5.41) is 16.3. The molecule has 0 saturated heterocycles. The van der Waals surface area contributed by atoms with Crippen LogP contribution in [0.25, 0.3) is 0 Å². The first-order valence-corrected chi connectivity index (χ1v) is 4.76. The summed E-state index contributed by atoms with van der Waals surface area (Å²) >= 11 is 0. The Bertz CT molecular complexity index is 370. The molecule has 0 aliphatic carbocycles. The first-order chi connectivity index (χ1) is 6.74. The molecule has 0 spiro atoms. The van der Waals surface area contributed by atoms with Crippen molar-refractivity contribution in [1.82, 2.24) is 15.1 Å². The van der Waals surface area contributed by atoms with Crippen molar-refractivity contribution in [2.45, 2.75) is 26.4 Å². The number of fused-ring (bicyclic) bond motifs is 1. The number of nitrogens with one attached hydrogen (secondary N) is 1. The molecule has 1 aliphatic rings. The van der Waals surface area contributed by atoms with Crippen LogP contribution < -0.4 is 5.32 Å². The highest BCUT2D eigenvalue weighted by Crippen LogP contribution is 2.18. The second-order valence-electron chi connectivity index (χ2n) is 3.32. The number of carboxylic acid groups (broad SMARTS) is 1. The van der Waals surface area contributed by atoms with Gasteiger partial charge >= 0.3 is 5.97 Å². The van der Waals surface area contributed by atoms with Crippen LogP contribution in [-0.4, -0.2) is 27.4 Å². The molecule has 5 nitrogen and oxygen atoms in total. The van der Waals surface area contributed by atoms with Gasteiger partial charge in [0.15, 0.2) is 5.69 Å². The van der Waals surface area contributed by atoms with Gasteiger partial charge < -0.3 is 10.4 Å². The lowest BCUT2D eigenvalue weighted by molar-refractivity contribution is 0.0688. The van der Waals surface area contributed by atoms with Gasteiger partial charge in [-0.15, -0.1) is 0 Å². The van der Waals surface area contributed by atoms with Crippen LogP contribution in [0, 0.1) is 0 Å². The Kier molecular flexibility index (Phi) is 2.25. The van der Waals surface area contributed by atoms with Crippen molar-refractivity contribution in [1.29, 1.82) is 0 Å². The Morgan fingerprint density at radius 1 is 1.71 bits per heavy atom. The largest absolute Gasteiger partial charge is 0.476 e. The van der Waals surface area contributed by atoms with Crippen molar-refractivity contribution in [2.24, 2.45) is 0 Å². The SMILES string of the molecule is CCn1nc(C(=O)O)c2c1CNCC2. The predicted molar refractivity (Wildman–Crippen MR) is 50.3 cm³/mol. The van der Waals surface area contributed by atoms with Gasteiger partial charge in [0.1, 0.15) is 0 Å². The van der Waals surface area contributed by atoms with Gasteiger partial charge in [-0.1, -0.05) is 0 Å². The molecular formula is C9H13N3O2. The zero-order chi connectivity index (χ0) is 10.1. The van der Waals surface area contributed by atoms with Crippen LogP contribution in [0.1, 0.15) is 28.7 Å². The Morgan fingerprint density at radius 3 is 3.14 bits per heavy atom. The molecule has 1 aliphatic heterocycles. The summed E-state index contributed by atoms with van der Waals surface area (Å²) in [4.78, 5) is 10.9. The molecule has 0 fully saturated rings. The summed E-state index contributed by atoms with van der Waals surface area (Å²) in [7, 11) is 0. The second-order valence-corrected chi connectivity index (χ2v) is 3.32. The van der Waals surface area contributed by atoms with Gasteiger partial charge in [-0.2, -0.15) is 5.10 Å². The Hall–Kier alpha value is -1.36. The molecular weight excluding hydrogens is 182 g/mol. The molecule has 2 N–H and O–H groups in total. The molecule has 1 aromatic rings. The lowest BCUT2D eigenvalue weighted by Gasteiger charge is -2.14. The third-order valence-corrected chi connectivity index (χ3v) is 2.51. The fourth-order valence-corrected chi connectivity index (χ4v) is 1.85. The third kappa shape index (κ3) is 1.29. The number of carbonyl (C=O) groups is 1. The molecule has 1 aromatic heterocycles. The van der Waals surface area contributed by atoms with E-state index in [0.717, 1.165) is 37.3 Å². The molecule has 76 valence electrons. The highest BCUT2D eigenvalue weighted by Gasteiger charge is 2.23. The molecule has 0 amide bonds. The average molecular weight is 195 g/mol. The lowest BCUT2D eigenvalue weighted by Crippen LogP contribution is -2.25. The first-order valence-electron chi connectivity index (χ1n) is 4.76. The smallest absolute Gasteiger partial charge is 0.356 e. The molecule has 0 unspecified atom stereocenters. The monoisotopic (exact) mass is 195 g/mol. The van der Waals surface area contributed by atoms with E-state index in [1.807, 2.05) is 6.92 Å². The number of rotatable bonds is 2. The van der Waals surface area contributed by atoms with E-state index in [-0.39, 0.29) is 5.69 Å². The number of nitrogens with zero attached hydrogens (tertiary/aromatic N) is 2. The van der Waals surface area contributed by atoms with E-state index in [1.54, 1.807) is 4.68 Å². The number of hydrogen-bond acceptors (Lipinski definition) is 3. The molecule has 0 bridgehead atoms. The van der Waals surface area contributed by atoms with Crippen molar-refractivity contribution < 1.29 is 9.90 Å². The van der Waals surface area contributed by atoms with Crippen molar-refractivity contribution in [2.75, 3.05) is 6.54 Å². The lowest BCUT2D eigenvalue weighted by atomic mass is 10.1. The summed E-state index contributed by atoms with van der Waals surface area (Å²) in [5.41, 5.74) is 2.15. The van der Waals surface area contributed by atoms with Crippen molar-refractivity contribution >= 4 is 5.97 Å². The van der Waals surface area contributed by atoms with E-state index in [2.05, 4.69) is 10.4 Å². The number of hydrogen-bond donors (Lipinski definition) is 2. The first kappa shape index (κ1) is 9.21. The molecule has 0 saturated carbocycles. The van der Waals surface area contributed by atoms with Crippen molar-refractivity contribution in [3.8, 4) is 0 Å². The molecule has 0 atom stereocenters. The van der Waals surface area contributed by atoms with Gasteiger partial charge in [-0.25, -0.2) is 4.79 Å². The van der Waals surface area contributed by atoms with Gasteiger partial charge in [-0.3, -0.25) is 4.68 Å². The topological polar surface area (TPSA) is 67.2 Å². The minimum atomic E-state index is -0.921. The molecule has 0 aromatic carbocycles. The summed E-state index contributed by atoms with van der Waals surface area (Å²) in [6.07, 6.45) is 0.761. The third-order valence-electron chi connectivity index (χ3n) is 2.51. The van der Waals surface area contributed by atoms with E-state index in [0.29, 0.717) is 0 Å². The zero-order valence-electron chi connectivity index (χ0n) is 8.08. The normalized spacial score (nSPS) is 15.2. The van der Waals surface area contributed by atoms with E-state index in [9.17, 15) is 4.79 Å². The average Bonchev–Trinajstić information content (AvgIpc) is 2.56. The van der Waals surface area contributed by atoms with Gasteiger partial charge in [-0.05, 0) is 19.9 Å². The second kappa shape index (κ2) is 3.42. The molecule has 14 heavy (non-hydrogen) atoms. The maximum absolute atomic E-state index is 10.9. The van der Waals surface area contributed by atoms with Crippen molar-refractivity contribution in [3.63, 3.8) is 0 Å². The Labute approximate surface area is 81.7 Å². The molecule has 0 radical (unpaired) electrons. The van der Waals surface area contributed by atoms with Crippen LogP contribution in [0.5, 0.6) is 0 Å². The minimum Gasteiger partial charge on any atom is -0.476 e. The van der Waals surface area contributed by atoms with Gasteiger partial charge in [0.05, 0.1) is 5.69 Å². The van der Waals surface area contributed by atoms with Crippen molar-refractivity contribution in [3.05, 3.63) is 17.0 Å². The van der Waals surface area contributed by atoms with Gasteiger partial charge in [0, 0.05) is 18.7 Å². The van der Waals surface area contributed by atoms with E-state index < -0.39 is 5.97 Å². The molecule has 5 heteroatoms. The summed E-state index contributed by atoms with van der Waals surface area (Å²) in [5.74, 6) is -0.921. The number of carboxylic acids is 1. The maximum atomic E-state index is 10.9. The maximum Gasteiger partial charge on any atom is 0.356 e. The highest BCUT2D eigenvalue weighted by atomic mass is 16.4. The van der Waals surface area contributed by atoms with Gasteiger partial charge in [0.2, 0.25) is 0 Å². The van der Waals surface area contributed by atoms with Crippen LogP contribution in [0.4, 0.5) is 0 Å². The Balaban J connectivity index is 2.52. The summed E-state index contributed by atoms with van der Waals surface area (Å²) in [6.45, 7) is 4.25. The van der Waals surface area contributed by atoms with Crippen LogP contribution in [-0.2, 0) is 19.5 Å². The van der Waals surface area contributed by atoms with E-state index in [4.69, 9.17) is 5.11 Å². The predicted octanol–water partition coefficient (Wildman–Crippen LogP) is 0.247. The minimum absolute atomic E-state index is 0.225. The number of aromatic nitrogens is 2. The number of aromatic carboxylic acids is 1. The summed E-state index contributed by atoms with van der Waals surface area (Å²) in [6, 6.07) is 0. The van der Waals surface area contributed by atoms with Crippen LogP contribution >= 0.6 is 0 Å². The molecule has 2 rings (SSSR count). The van der Waals surface area contributed by atoms with Crippen LogP contribution in [0.2, 0.25) is 0 Å². The Morgan fingerprint density at radius 2 is 2.50 bits per heavy atom. The number of aryl methyl sites for hydroxylation is 1.